The van der Waals surface area contributed by atoms with Gasteiger partial charge in [0.2, 0.25) is 0 Å². The minimum atomic E-state index is -0.428. The maximum Gasteiger partial charge on any atom is 0.288 e. The molecule has 3 heterocycles. The van der Waals surface area contributed by atoms with Gasteiger partial charge in [0.05, 0.1) is 5.36 Å². The summed E-state index contributed by atoms with van der Waals surface area (Å²) in [6.07, 6.45) is 4.24. The SMILES string of the molecule is O=C1C=C/C(=C2\N=c3cc[nH]c(=O)c3=N2)N=N1. The van der Waals surface area contributed by atoms with E-state index in [0.29, 0.717) is 11.1 Å². The van der Waals surface area contributed by atoms with Crippen molar-refractivity contribution < 1.29 is 4.79 Å². The Morgan fingerprint density at radius 3 is 2.65 bits per heavy atom. The highest BCUT2D eigenvalue weighted by atomic mass is 16.1. The van der Waals surface area contributed by atoms with Crippen LogP contribution in [0.25, 0.3) is 0 Å². The van der Waals surface area contributed by atoms with Gasteiger partial charge in [-0.15, -0.1) is 10.2 Å². The molecule has 0 aliphatic carbocycles. The topological polar surface area (TPSA) is 99.4 Å². The summed E-state index contributed by atoms with van der Waals surface area (Å²) in [5.74, 6) is -0.146. The van der Waals surface area contributed by atoms with Crippen molar-refractivity contribution in [1.29, 1.82) is 0 Å². The molecule has 3 rings (SSSR count). The first-order valence-corrected chi connectivity index (χ1v) is 4.77. The molecule has 1 aromatic heterocycles. The molecule has 1 N–H and O–H groups in total. The third-order valence-electron chi connectivity index (χ3n) is 2.23. The molecule has 0 atom stereocenters. The van der Waals surface area contributed by atoms with E-state index >= 15 is 0 Å². The van der Waals surface area contributed by atoms with E-state index in [1.807, 2.05) is 0 Å². The number of hydrogen-bond donors (Lipinski definition) is 1. The Morgan fingerprint density at radius 2 is 1.94 bits per heavy atom. The Kier molecular flexibility index (Phi) is 1.91. The molecule has 2 aliphatic rings. The molecule has 0 fully saturated rings. The van der Waals surface area contributed by atoms with Crippen LogP contribution in [0, 0.1) is 0 Å². The molecule has 0 radical (unpaired) electrons. The fourth-order valence-corrected chi connectivity index (χ4v) is 1.46. The number of carbonyl (C=O) groups excluding carboxylic acids is 1. The van der Waals surface area contributed by atoms with Crippen LogP contribution < -0.4 is 16.3 Å². The number of rotatable bonds is 0. The quantitative estimate of drug-likeness (QED) is 0.636. The van der Waals surface area contributed by atoms with Gasteiger partial charge >= 0.3 is 0 Å². The lowest BCUT2D eigenvalue weighted by molar-refractivity contribution is -0.114. The van der Waals surface area contributed by atoms with Gasteiger partial charge in [0.25, 0.3) is 11.5 Å². The predicted octanol–water partition coefficient (Wildman–Crippen LogP) is -0.655. The zero-order valence-electron chi connectivity index (χ0n) is 8.41. The van der Waals surface area contributed by atoms with Crippen LogP contribution in [0.3, 0.4) is 0 Å². The van der Waals surface area contributed by atoms with Crippen molar-refractivity contribution in [3.05, 3.63) is 57.0 Å². The van der Waals surface area contributed by atoms with Gasteiger partial charge in [-0.1, -0.05) is 0 Å². The van der Waals surface area contributed by atoms with E-state index in [0.717, 1.165) is 0 Å². The molecule has 82 valence electrons. The Morgan fingerprint density at radius 1 is 1.06 bits per heavy atom. The van der Waals surface area contributed by atoms with E-state index in [4.69, 9.17) is 0 Å². The molecule has 7 nitrogen and oxygen atoms in total. The van der Waals surface area contributed by atoms with Crippen LogP contribution in [0.2, 0.25) is 0 Å². The number of nitrogens with one attached hydrogen (secondary N) is 1. The number of hydrogen-bond acceptors (Lipinski definition) is 5. The van der Waals surface area contributed by atoms with E-state index in [9.17, 15) is 9.59 Å². The number of allylic oxidation sites excluding steroid dienone is 1. The summed E-state index contributed by atoms with van der Waals surface area (Å²) in [4.78, 5) is 32.9. The van der Waals surface area contributed by atoms with Gasteiger partial charge < -0.3 is 4.98 Å². The van der Waals surface area contributed by atoms with Gasteiger partial charge in [-0.25, -0.2) is 9.98 Å². The number of aromatic nitrogens is 1. The molecule has 0 aromatic carbocycles. The zero-order valence-corrected chi connectivity index (χ0v) is 8.41. The van der Waals surface area contributed by atoms with E-state index in [2.05, 4.69) is 25.2 Å². The maximum atomic E-state index is 11.4. The summed E-state index contributed by atoms with van der Waals surface area (Å²) in [6, 6.07) is 1.64. The summed E-state index contributed by atoms with van der Waals surface area (Å²) in [7, 11) is 0. The third-order valence-corrected chi connectivity index (χ3v) is 2.23. The zero-order chi connectivity index (χ0) is 11.8. The van der Waals surface area contributed by atoms with E-state index < -0.39 is 5.91 Å². The average Bonchev–Trinajstić information content (AvgIpc) is 2.75. The number of amides is 1. The molecular weight excluding hydrogens is 222 g/mol. The molecular formula is C10H5N5O2. The number of pyridine rings is 1. The molecule has 1 amide bonds. The second-order valence-electron chi connectivity index (χ2n) is 3.34. The van der Waals surface area contributed by atoms with Crippen molar-refractivity contribution >= 4 is 5.91 Å². The van der Waals surface area contributed by atoms with Crippen LogP contribution in [-0.4, -0.2) is 10.9 Å². The van der Waals surface area contributed by atoms with Gasteiger partial charge in [-0.3, -0.25) is 9.59 Å². The molecule has 17 heavy (non-hydrogen) atoms. The lowest BCUT2D eigenvalue weighted by Gasteiger charge is -1.97. The lowest BCUT2D eigenvalue weighted by Crippen LogP contribution is -2.38. The number of carbonyl (C=O) groups is 1. The molecule has 7 heteroatoms. The Labute approximate surface area is 93.6 Å². The first-order valence-electron chi connectivity index (χ1n) is 4.77. The molecule has 0 bridgehead atoms. The number of azo groups is 1. The van der Waals surface area contributed by atoms with Crippen molar-refractivity contribution in [3.63, 3.8) is 0 Å². The first kappa shape index (κ1) is 9.52. The van der Waals surface area contributed by atoms with Crippen LogP contribution in [0.1, 0.15) is 0 Å². The van der Waals surface area contributed by atoms with Gasteiger partial charge in [0.15, 0.2) is 11.2 Å². The van der Waals surface area contributed by atoms with Gasteiger partial charge in [0, 0.05) is 12.3 Å². The minimum Gasteiger partial charge on any atom is -0.327 e. The van der Waals surface area contributed by atoms with Crippen LogP contribution in [0.4, 0.5) is 0 Å². The van der Waals surface area contributed by atoms with Crippen LogP contribution in [-0.2, 0) is 4.79 Å². The fourth-order valence-electron chi connectivity index (χ4n) is 1.46. The summed E-state index contributed by atoms with van der Waals surface area (Å²) in [6.45, 7) is 0. The monoisotopic (exact) mass is 227 g/mol. The van der Waals surface area contributed by atoms with Crippen LogP contribution in [0.5, 0.6) is 0 Å². The molecule has 2 aliphatic heterocycles. The van der Waals surface area contributed by atoms with Gasteiger partial charge in [-0.2, -0.15) is 0 Å². The molecule has 0 spiro atoms. The second kappa shape index (κ2) is 3.41. The standard InChI is InChI=1S/C10H5N5O2/c16-7-2-1-6(14-15-7)9-12-5-3-4-11-10(17)8(5)13-9/h1-4H,(H,11,17)/b9-6-. The van der Waals surface area contributed by atoms with Crippen LogP contribution in [0.15, 0.2) is 60.9 Å². The van der Waals surface area contributed by atoms with E-state index in [1.54, 1.807) is 6.07 Å². The number of H-pyrrole nitrogens is 1. The van der Waals surface area contributed by atoms with Gasteiger partial charge in [-0.05, 0) is 12.1 Å². The summed E-state index contributed by atoms with van der Waals surface area (Å²) in [5.41, 5.74) is 0.0508. The highest BCUT2D eigenvalue weighted by Gasteiger charge is 2.12. The molecule has 0 saturated carbocycles. The average molecular weight is 227 g/mol. The van der Waals surface area contributed by atoms with E-state index in [1.165, 1.54) is 18.3 Å². The minimum absolute atomic E-state index is 0.246. The van der Waals surface area contributed by atoms with Crippen LogP contribution >= 0.6 is 0 Å². The Bertz CT molecular complexity index is 764. The smallest absolute Gasteiger partial charge is 0.288 e. The van der Waals surface area contributed by atoms with Crippen molar-refractivity contribution in [1.82, 2.24) is 4.98 Å². The second-order valence-corrected chi connectivity index (χ2v) is 3.34. The molecule has 1 aromatic rings. The maximum absolute atomic E-state index is 11.4. The molecule has 0 saturated heterocycles. The number of nitrogens with zero attached hydrogens (tertiary/aromatic N) is 4. The van der Waals surface area contributed by atoms with Crippen molar-refractivity contribution in [2.24, 2.45) is 20.2 Å². The largest absolute Gasteiger partial charge is 0.327 e. The van der Waals surface area contributed by atoms with E-state index in [-0.39, 0.29) is 16.7 Å². The predicted molar refractivity (Wildman–Crippen MR) is 55.4 cm³/mol. The summed E-state index contributed by atoms with van der Waals surface area (Å²) < 4.78 is 0. The lowest BCUT2D eigenvalue weighted by atomic mass is 10.3. The summed E-state index contributed by atoms with van der Waals surface area (Å²) >= 11 is 0. The first-order chi connectivity index (χ1) is 8.24. The third kappa shape index (κ3) is 1.53. The Balaban J connectivity index is 2.24. The van der Waals surface area contributed by atoms with Crippen molar-refractivity contribution in [2.75, 3.05) is 0 Å². The fraction of sp³-hybridized carbons (Fsp3) is 0. The highest BCUT2D eigenvalue weighted by Crippen LogP contribution is 2.14. The number of aromatic amines is 1. The highest BCUT2D eigenvalue weighted by molar-refractivity contribution is 5.89. The molecule has 0 unspecified atom stereocenters. The summed E-state index contributed by atoms with van der Waals surface area (Å²) in [5, 5.41) is 7.78. The Hall–Kier alpha value is -2.70. The number of fused-ring (bicyclic) bond motifs is 1. The van der Waals surface area contributed by atoms with Gasteiger partial charge in [0.1, 0.15) is 5.70 Å². The van der Waals surface area contributed by atoms with Crippen molar-refractivity contribution in [2.45, 2.75) is 0 Å². The van der Waals surface area contributed by atoms with Crippen molar-refractivity contribution in [3.8, 4) is 0 Å². The normalized spacial score (nSPS) is 21.1.